The minimum atomic E-state index is -0.593. The molecule has 0 aliphatic rings. The number of hydrogen-bond acceptors (Lipinski definition) is 4. The van der Waals surface area contributed by atoms with Crippen LogP contribution >= 0.6 is 11.6 Å². The number of hydrogen-bond donors (Lipinski definition) is 2. The zero-order valence-corrected chi connectivity index (χ0v) is 13.9. The van der Waals surface area contributed by atoms with Gasteiger partial charge in [0.15, 0.2) is 6.61 Å². The van der Waals surface area contributed by atoms with Crippen LogP contribution in [-0.4, -0.2) is 23.6 Å². The zero-order valence-electron chi connectivity index (χ0n) is 13.2. The van der Waals surface area contributed by atoms with Crippen LogP contribution in [0.25, 0.3) is 0 Å². The molecule has 0 aliphatic heterocycles. The van der Waals surface area contributed by atoms with E-state index in [0.717, 1.165) is 5.56 Å². The fourth-order valence-corrected chi connectivity index (χ4v) is 2.30. The molecule has 0 bridgehead atoms. The number of amides is 1. The summed E-state index contributed by atoms with van der Waals surface area (Å²) in [4.78, 5) is 23.8. The van der Waals surface area contributed by atoms with E-state index in [4.69, 9.17) is 21.4 Å². The lowest BCUT2D eigenvalue weighted by Gasteiger charge is -2.14. The molecule has 0 aromatic heterocycles. The first kappa shape index (κ1) is 18.0. The number of aliphatic hydroxyl groups excluding tert-OH is 1. The summed E-state index contributed by atoms with van der Waals surface area (Å²) in [7, 11) is 0. The Hall–Kier alpha value is -2.37. The van der Waals surface area contributed by atoms with E-state index in [1.807, 2.05) is 13.0 Å². The number of aliphatic hydroxyl groups is 1. The van der Waals surface area contributed by atoms with Crippen LogP contribution in [0, 0.1) is 0 Å². The molecule has 0 aliphatic carbocycles. The molecule has 6 heteroatoms. The molecule has 0 radical (unpaired) electrons. The third-order valence-corrected chi connectivity index (χ3v) is 3.67. The molecule has 0 saturated carbocycles. The summed E-state index contributed by atoms with van der Waals surface area (Å²) in [6, 6.07) is 13.3. The third kappa shape index (κ3) is 5.08. The molecule has 5 nitrogen and oxygen atoms in total. The fraction of sp³-hybridized carbons (Fsp3) is 0.222. The van der Waals surface area contributed by atoms with Crippen LogP contribution in [0.1, 0.15) is 34.5 Å². The Balaban J connectivity index is 1.84. The maximum Gasteiger partial charge on any atom is 0.338 e. The maximum absolute atomic E-state index is 11.9. The van der Waals surface area contributed by atoms with E-state index in [9.17, 15) is 9.59 Å². The standard InChI is InChI=1S/C18H18ClNO4/c1-12(15-3-2-4-16(19)9-15)20-17(22)11-24-18(23)14-7-5-13(10-21)6-8-14/h2-9,12,21H,10-11H2,1H3,(H,20,22)/t12-/m0/s1. The van der Waals surface area contributed by atoms with Crippen LogP contribution in [0.4, 0.5) is 0 Å². The predicted octanol–water partition coefficient (Wildman–Crippen LogP) is 2.87. The number of benzene rings is 2. The Morgan fingerprint density at radius 3 is 2.54 bits per heavy atom. The molecule has 1 atom stereocenters. The highest BCUT2D eigenvalue weighted by molar-refractivity contribution is 6.30. The van der Waals surface area contributed by atoms with Gasteiger partial charge < -0.3 is 15.2 Å². The van der Waals surface area contributed by atoms with Gasteiger partial charge in [-0.05, 0) is 42.3 Å². The van der Waals surface area contributed by atoms with Gasteiger partial charge in [0.05, 0.1) is 18.2 Å². The van der Waals surface area contributed by atoms with Crippen LogP contribution in [0.5, 0.6) is 0 Å². The van der Waals surface area contributed by atoms with Crippen LogP contribution in [-0.2, 0) is 16.1 Å². The molecule has 0 heterocycles. The first-order valence-electron chi connectivity index (χ1n) is 7.41. The summed E-state index contributed by atoms with van der Waals surface area (Å²) in [5.41, 5.74) is 1.88. The molecule has 0 unspecified atom stereocenters. The Labute approximate surface area is 145 Å². The highest BCUT2D eigenvalue weighted by Crippen LogP contribution is 2.17. The van der Waals surface area contributed by atoms with Gasteiger partial charge in [0.1, 0.15) is 0 Å². The maximum atomic E-state index is 11.9. The number of rotatable bonds is 6. The van der Waals surface area contributed by atoms with Gasteiger partial charge >= 0.3 is 5.97 Å². The lowest BCUT2D eigenvalue weighted by Crippen LogP contribution is -2.31. The van der Waals surface area contributed by atoms with Crippen LogP contribution in [0.3, 0.4) is 0 Å². The molecule has 2 aromatic rings. The second-order valence-corrected chi connectivity index (χ2v) is 5.71. The highest BCUT2D eigenvalue weighted by Gasteiger charge is 2.13. The number of esters is 1. The van der Waals surface area contributed by atoms with Crippen LogP contribution in [0.15, 0.2) is 48.5 Å². The second kappa shape index (κ2) is 8.47. The highest BCUT2D eigenvalue weighted by atomic mass is 35.5. The summed E-state index contributed by atoms with van der Waals surface area (Å²) in [5.74, 6) is -0.993. The van der Waals surface area contributed by atoms with Gasteiger partial charge in [0, 0.05) is 5.02 Å². The number of carbonyl (C=O) groups excluding carboxylic acids is 2. The van der Waals surface area contributed by atoms with Crippen molar-refractivity contribution in [3.05, 3.63) is 70.2 Å². The summed E-state index contributed by atoms with van der Waals surface area (Å²) in [6.45, 7) is 1.35. The van der Waals surface area contributed by atoms with E-state index in [0.29, 0.717) is 16.1 Å². The van der Waals surface area contributed by atoms with Gasteiger partial charge in [-0.25, -0.2) is 4.79 Å². The minimum absolute atomic E-state index is 0.0981. The van der Waals surface area contributed by atoms with Crippen LogP contribution < -0.4 is 5.32 Å². The van der Waals surface area contributed by atoms with E-state index >= 15 is 0 Å². The third-order valence-electron chi connectivity index (χ3n) is 3.43. The largest absolute Gasteiger partial charge is 0.452 e. The van der Waals surface area contributed by atoms with Crippen molar-refractivity contribution in [3.63, 3.8) is 0 Å². The number of halogens is 1. The SMILES string of the molecule is C[C@H](NC(=O)COC(=O)c1ccc(CO)cc1)c1cccc(Cl)c1. The Kier molecular flexibility index (Phi) is 6.35. The number of carbonyl (C=O) groups is 2. The second-order valence-electron chi connectivity index (χ2n) is 5.28. The van der Waals surface area contributed by atoms with Crippen molar-refractivity contribution in [1.29, 1.82) is 0 Å². The molecule has 1 amide bonds. The van der Waals surface area contributed by atoms with Crippen molar-refractivity contribution >= 4 is 23.5 Å². The van der Waals surface area contributed by atoms with E-state index in [1.54, 1.807) is 42.5 Å². The first-order chi connectivity index (χ1) is 11.5. The van der Waals surface area contributed by atoms with Crippen LogP contribution in [0.2, 0.25) is 5.02 Å². The van der Waals surface area contributed by atoms with Crippen molar-refractivity contribution in [2.75, 3.05) is 6.61 Å². The quantitative estimate of drug-likeness (QED) is 0.788. The van der Waals surface area contributed by atoms with Gasteiger partial charge in [-0.3, -0.25) is 4.79 Å². The average molecular weight is 348 g/mol. The molecule has 24 heavy (non-hydrogen) atoms. The first-order valence-corrected chi connectivity index (χ1v) is 7.79. The molecule has 2 aromatic carbocycles. The topological polar surface area (TPSA) is 75.6 Å². The van der Waals surface area contributed by atoms with Gasteiger partial charge in [-0.15, -0.1) is 0 Å². The molecule has 2 N–H and O–H groups in total. The molecule has 2 rings (SSSR count). The van der Waals surface area contributed by atoms with Gasteiger partial charge in [0.25, 0.3) is 5.91 Å². The van der Waals surface area contributed by atoms with Crippen molar-refractivity contribution in [2.24, 2.45) is 0 Å². The summed E-state index contributed by atoms with van der Waals surface area (Å²) >= 11 is 5.92. The average Bonchev–Trinajstić information content (AvgIpc) is 2.59. The van der Waals surface area contributed by atoms with Gasteiger partial charge in [0.2, 0.25) is 0 Å². The Morgan fingerprint density at radius 2 is 1.92 bits per heavy atom. The smallest absolute Gasteiger partial charge is 0.338 e. The summed E-state index contributed by atoms with van der Waals surface area (Å²) in [5, 5.41) is 12.3. The van der Waals surface area contributed by atoms with E-state index in [-0.39, 0.29) is 19.3 Å². The predicted molar refractivity (Wildman–Crippen MR) is 90.7 cm³/mol. The van der Waals surface area contributed by atoms with Gasteiger partial charge in [-0.1, -0.05) is 35.9 Å². The monoisotopic (exact) mass is 347 g/mol. The van der Waals surface area contributed by atoms with E-state index in [1.165, 1.54) is 0 Å². The van der Waals surface area contributed by atoms with Gasteiger partial charge in [-0.2, -0.15) is 0 Å². The molecular formula is C18H18ClNO4. The number of nitrogens with one attached hydrogen (secondary N) is 1. The molecule has 0 fully saturated rings. The molecule has 0 spiro atoms. The van der Waals surface area contributed by atoms with Crippen molar-refractivity contribution in [1.82, 2.24) is 5.32 Å². The fourth-order valence-electron chi connectivity index (χ4n) is 2.10. The molecular weight excluding hydrogens is 330 g/mol. The van der Waals surface area contributed by atoms with E-state index < -0.39 is 11.9 Å². The summed E-state index contributed by atoms with van der Waals surface area (Å²) in [6.07, 6.45) is 0. The van der Waals surface area contributed by atoms with Crippen molar-refractivity contribution in [3.8, 4) is 0 Å². The minimum Gasteiger partial charge on any atom is -0.452 e. The number of ether oxygens (including phenoxy) is 1. The van der Waals surface area contributed by atoms with Crippen molar-refractivity contribution < 1.29 is 19.4 Å². The van der Waals surface area contributed by atoms with Crippen molar-refractivity contribution in [2.45, 2.75) is 19.6 Å². The molecule has 0 saturated heterocycles. The lowest BCUT2D eigenvalue weighted by molar-refractivity contribution is -0.124. The Bertz CT molecular complexity index is 715. The molecule has 126 valence electrons. The van der Waals surface area contributed by atoms with E-state index in [2.05, 4.69) is 5.32 Å². The summed E-state index contributed by atoms with van der Waals surface area (Å²) < 4.78 is 4.98. The Morgan fingerprint density at radius 1 is 1.21 bits per heavy atom. The normalized spacial score (nSPS) is 11.6. The lowest BCUT2D eigenvalue weighted by atomic mass is 10.1. The zero-order chi connectivity index (χ0) is 17.5.